The van der Waals surface area contributed by atoms with Crippen molar-refractivity contribution in [1.82, 2.24) is 15.5 Å². The van der Waals surface area contributed by atoms with Crippen LogP contribution >= 0.6 is 35.3 Å². The van der Waals surface area contributed by atoms with Gasteiger partial charge in [-0.05, 0) is 18.6 Å². The number of thiophene rings is 1. The van der Waals surface area contributed by atoms with E-state index in [4.69, 9.17) is 4.74 Å². The van der Waals surface area contributed by atoms with Crippen molar-refractivity contribution in [2.24, 2.45) is 4.99 Å². The predicted molar refractivity (Wildman–Crippen MR) is 105 cm³/mol. The van der Waals surface area contributed by atoms with Gasteiger partial charge in [0.15, 0.2) is 5.96 Å². The zero-order valence-electron chi connectivity index (χ0n) is 13.4. The number of hydrogen-bond donors (Lipinski definition) is 2. The Hall–Kier alpha value is -0.380. The fourth-order valence-corrected chi connectivity index (χ4v) is 3.15. The quantitative estimate of drug-likeness (QED) is 0.405. The zero-order chi connectivity index (χ0) is 14.9. The van der Waals surface area contributed by atoms with Crippen molar-refractivity contribution in [2.45, 2.75) is 19.9 Å². The van der Waals surface area contributed by atoms with Crippen LogP contribution in [0.25, 0.3) is 0 Å². The van der Waals surface area contributed by atoms with Crippen LogP contribution in [0.15, 0.2) is 17.1 Å². The lowest BCUT2D eigenvalue weighted by atomic mass is 10.3. The molecule has 1 aromatic heterocycles. The highest BCUT2D eigenvalue weighted by Crippen LogP contribution is 2.16. The summed E-state index contributed by atoms with van der Waals surface area (Å²) in [5.41, 5.74) is 0. The third kappa shape index (κ3) is 6.80. The molecule has 7 heteroatoms. The number of aliphatic imine (C=N–C) groups is 1. The Bertz CT molecular complexity index is 447. The smallest absolute Gasteiger partial charge is 0.191 e. The van der Waals surface area contributed by atoms with Gasteiger partial charge in [-0.3, -0.25) is 9.89 Å². The summed E-state index contributed by atoms with van der Waals surface area (Å²) >= 11 is 1.86. The topological polar surface area (TPSA) is 48.9 Å². The first kappa shape index (κ1) is 19.7. The summed E-state index contributed by atoms with van der Waals surface area (Å²) in [5, 5.41) is 6.74. The number of morpholine rings is 1. The average Bonchev–Trinajstić information content (AvgIpc) is 3.00. The van der Waals surface area contributed by atoms with Crippen LogP contribution in [0.1, 0.15) is 16.7 Å². The maximum absolute atomic E-state index is 5.35. The molecule has 0 aliphatic carbocycles. The van der Waals surface area contributed by atoms with Gasteiger partial charge in [0.05, 0.1) is 19.8 Å². The van der Waals surface area contributed by atoms with Crippen LogP contribution in [0.3, 0.4) is 0 Å². The first-order valence-corrected chi connectivity index (χ1v) is 8.45. The summed E-state index contributed by atoms with van der Waals surface area (Å²) in [6.45, 7) is 8.73. The molecule has 0 saturated carbocycles. The number of ether oxygens (including phenoxy) is 1. The Morgan fingerprint density at radius 3 is 2.64 bits per heavy atom. The molecule has 126 valence electrons. The number of halogens is 1. The van der Waals surface area contributed by atoms with E-state index in [0.717, 1.165) is 58.3 Å². The molecule has 1 aliphatic heterocycles. The molecule has 1 aromatic rings. The van der Waals surface area contributed by atoms with Crippen molar-refractivity contribution in [3.05, 3.63) is 21.9 Å². The van der Waals surface area contributed by atoms with Gasteiger partial charge in [-0.25, -0.2) is 0 Å². The van der Waals surface area contributed by atoms with Crippen LogP contribution in [-0.4, -0.2) is 57.3 Å². The highest BCUT2D eigenvalue weighted by Gasteiger charge is 2.09. The minimum atomic E-state index is 0. The summed E-state index contributed by atoms with van der Waals surface area (Å²) in [4.78, 5) is 9.46. The molecule has 0 unspecified atom stereocenters. The number of nitrogens with zero attached hydrogens (tertiary/aromatic N) is 2. The number of hydrogen-bond acceptors (Lipinski definition) is 4. The third-order valence-electron chi connectivity index (χ3n) is 3.54. The highest BCUT2D eigenvalue weighted by atomic mass is 127. The lowest BCUT2D eigenvalue weighted by Crippen LogP contribution is -2.44. The molecule has 0 spiro atoms. The standard InChI is InChI=1S/C15H26N4OS.HI/c1-3-13-4-5-14(21-13)12-18-15(16-2)17-6-7-19-8-10-20-11-9-19;/h4-5H,3,6-12H2,1-2H3,(H2,16,17,18);1H. The molecule has 0 aromatic carbocycles. The lowest BCUT2D eigenvalue weighted by Gasteiger charge is -2.26. The van der Waals surface area contributed by atoms with Gasteiger partial charge in [-0.1, -0.05) is 6.92 Å². The fourth-order valence-electron chi connectivity index (χ4n) is 2.26. The van der Waals surface area contributed by atoms with Gasteiger partial charge in [0.2, 0.25) is 0 Å². The van der Waals surface area contributed by atoms with Crippen molar-refractivity contribution in [1.29, 1.82) is 0 Å². The minimum absolute atomic E-state index is 0. The Morgan fingerprint density at radius 2 is 2.00 bits per heavy atom. The van der Waals surface area contributed by atoms with Gasteiger partial charge in [0.25, 0.3) is 0 Å². The Morgan fingerprint density at radius 1 is 1.27 bits per heavy atom. The zero-order valence-corrected chi connectivity index (χ0v) is 16.6. The van der Waals surface area contributed by atoms with Crippen molar-refractivity contribution in [3.63, 3.8) is 0 Å². The Balaban J connectivity index is 0.00000242. The van der Waals surface area contributed by atoms with Gasteiger partial charge in [-0.2, -0.15) is 0 Å². The van der Waals surface area contributed by atoms with Gasteiger partial charge in [-0.15, -0.1) is 35.3 Å². The highest BCUT2D eigenvalue weighted by molar-refractivity contribution is 14.0. The summed E-state index contributed by atoms with van der Waals surface area (Å²) in [7, 11) is 1.82. The number of nitrogens with one attached hydrogen (secondary N) is 2. The molecule has 0 radical (unpaired) electrons. The molecular weight excluding hydrogens is 411 g/mol. The molecule has 2 rings (SSSR count). The fraction of sp³-hybridized carbons (Fsp3) is 0.667. The van der Waals surface area contributed by atoms with E-state index in [1.165, 1.54) is 9.75 Å². The monoisotopic (exact) mass is 438 g/mol. The number of guanidine groups is 1. The van der Waals surface area contributed by atoms with E-state index in [-0.39, 0.29) is 24.0 Å². The SMILES string of the molecule is CCc1ccc(CNC(=NC)NCCN2CCOCC2)s1.I. The molecule has 0 atom stereocenters. The van der Waals surface area contributed by atoms with E-state index >= 15 is 0 Å². The number of aryl methyl sites for hydroxylation is 1. The van der Waals surface area contributed by atoms with E-state index in [1.54, 1.807) is 0 Å². The summed E-state index contributed by atoms with van der Waals surface area (Å²) in [6.07, 6.45) is 1.11. The number of rotatable bonds is 6. The van der Waals surface area contributed by atoms with Crippen LogP contribution in [0.4, 0.5) is 0 Å². The van der Waals surface area contributed by atoms with Crippen LogP contribution in [0.5, 0.6) is 0 Å². The molecule has 5 nitrogen and oxygen atoms in total. The second kappa shape index (κ2) is 11.2. The minimum Gasteiger partial charge on any atom is -0.379 e. The molecule has 2 N–H and O–H groups in total. The van der Waals surface area contributed by atoms with Crippen molar-refractivity contribution >= 4 is 41.3 Å². The maximum atomic E-state index is 5.35. The first-order chi connectivity index (χ1) is 10.3. The van der Waals surface area contributed by atoms with E-state index in [9.17, 15) is 0 Å². The van der Waals surface area contributed by atoms with Crippen molar-refractivity contribution in [2.75, 3.05) is 46.4 Å². The van der Waals surface area contributed by atoms with E-state index in [2.05, 4.69) is 39.6 Å². The first-order valence-electron chi connectivity index (χ1n) is 7.64. The van der Waals surface area contributed by atoms with E-state index < -0.39 is 0 Å². The molecule has 1 aliphatic rings. The molecule has 22 heavy (non-hydrogen) atoms. The second-order valence-electron chi connectivity index (χ2n) is 5.03. The van der Waals surface area contributed by atoms with Crippen LogP contribution < -0.4 is 10.6 Å². The van der Waals surface area contributed by atoms with Gasteiger partial charge in [0.1, 0.15) is 0 Å². The van der Waals surface area contributed by atoms with Crippen molar-refractivity contribution in [3.8, 4) is 0 Å². The molecule has 0 bridgehead atoms. The van der Waals surface area contributed by atoms with Crippen LogP contribution in [-0.2, 0) is 17.7 Å². The van der Waals surface area contributed by atoms with Gasteiger partial charge < -0.3 is 15.4 Å². The van der Waals surface area contributed by atoms with Gasteiger partial charge in [0, 0.05) is 43.0 Å². The van der Waals surface area contributed by atoms with Gasteiger partial charge >= 0.3 is 0 Å². The third-order valence-corrected chi connectivity index (χ3v) is 4.77. The molecular formula is C15H27IN4OS. The molecule has 2 heterocycles. The Kier molecular flexibility index (Phi) is 10.0. The maximum Gasteiger partial charge on any atom is 0.191 e. The van der Waals surface area contributed by atoms with E-state index in [0.29, 0.717) is 0 Å². The lowest BCUT2D eigenvalue weighted by molar-refractivity contribution is 0.0389. The van der Waals surface area contributed by atoms with Crippen LogP contribution in [0, 0.1) is 0 Å². The average molecular weight is 438 g/mol. The Labute approximate surface area is 154 Å². The van der Waals surface area contributed by atoms with Crippen LogP contribution in [0.2, 0.25) is 0 Å². The largest absolute Gasteiger partial charge is 0.379 e. The summed E-state index contributed by atoms with van der Waals surface area (Å²) < 4.78 is 5.35. The second-order valence-corrected chi connectivity index (χ2v) is 6.28. The van der Waals surface area contributed by atoms with E-state index in [1.807, 2.05) is 18.4 Å². The molecule has 0 amide bonds. The summed E-state index contributed by atoms with van der Waals surface area (Å²) in [5.74, 6) is 0.870. The molecule has 1 fully saturated rings. The normalized spacial score (nSPS) is 16.2. The predicted octanol–water partition coefficient (Wildman–Crippen LogP) is 1.93. The molecule has 1 saturated heterocycles. The summed E-state index contributed by atoms with van der Waals surface area (Å²) in [6, 6.07) is 4.40. The van der Waals surface area contributed by atoms with Crippen molar-refractivity contribution < 1.29 is 4.74 Å².